The van der Waals surface area contributed by atoms with E-state index in [1.807, 2.05) is 33.7 Å². The van der Waals surface area contributed by atoms with Crippen LogP contribution in [-0.2, 0) is 4.74 Å². The molecule has 2 aliphatic heterocycles. The first-order valence-corrected chi connectivity index (χ1v) is 10.7. The van der Waals surface area contributed by atoms with Gasteiger partial charge in [-0.05, 0) is 36.3 Å². The molecule has 0 aliphatic carbocycles. The van der Waals surface area contributed by atoms with Gasteiger partial charge in [-0.1, -0.05) is 33.7 Å². The van der Waals surface area contributed by atoms with Crippen LogP contribution in [0.2, 0.25) is 0 Å². The lowest BCUT2D eigenvalue weighted by molar-refractivity contribution is 0.0388. The molecule has 2 saturated heterocycles. The van der Waals surface area contributed by atoms with Crippen LogP contribution >= 0.6 is 33.8 Å². The second-order valence-electron chi connectivity index (χ2n) is 5.54. The van der Waals surface area contributed by atoms with Crippen molar-refractivity contribution in [2.24, 2.45) is 0 Å². The van der Waals surface area contributed by atoms with Crippen LogP contribution in [0.1, 0.15) is 17.2 Å². The summed E-state index contributed by atoms with van der Waals surface area (Å²) >= 11 is 5.30. The Bertz CT molecular complexity index is 518. The van der Waals surface area contributed by atoms with E-state index < -0.39 is 0 Å². The van der Waals surface area contributed by atoms with Gasteiger partial charge in [0.15, 0.2) is 0 Å². The van der Waals surface area contributed by atoms with Gasteiger partial charge in [-0.2, -0.15) is 0 Å². The van der Waals surface area contributed by atoms with Gasteiger partial charge >= 0.3 is 0 Å². The van der Waals surface area contributed by atoms with Gasteiger partial charge in [-0.15, -0.1) is 0 Å². The van der Waals surface area contributed by atoms with Crippen molar-refractivity contribution in [3.63, 3.8) is 0 Å². The average molecular weight is 371 g/mol. The lowest BCUT2D eigenvalue weighted by atomic mass is 10.1. The first-order valence-electron chi connectivity index (χ1n) is 7.95. The minimum absolute atomic E-state index is 0.448. The van der Waals surface area contributed by atoms with Gasteiger partial charge in [0.2, 0.25) is 0 Å². The van der Waals surface area contributed by atoms with Gasteiger partial charge in [-0.25, -0.2) is 0 Å². The van der Waals surface area contributed by atoms with Gasteiger partial charge in [0.1, 0.15) is 5.75 Å². The number of benzene rings is 1. The molecule has 23 heavy (non-hydrogen) atoms. The Morgan fingerprint density at radius 3 is 3.04 bits per heavy atom. The molecule has 0 radical (unpaired) electrons. The predicted octanol–water partition coefficient (Wildman–Crippen LogP) is 3.10. The van der Waals surface area contributed by atoms with E-state index in [0.717, 1.165) is 45.1 Å². The molecular weight excluding hydrogens is 348 g/mol. The monoisotopic (exact) mass is 370 g/mol. The Morgan fingerprint density at radius 2 is 2.26 bits per heavy atom. The first kappa shape index (κ1) is 17.4. The number of nitrogens with zero attached hydrogens (tertiary/aromatic N) is 1. The van der Waals surface area contributed by atoms with E-state index in [1.165, 1.54) is 17.7 Å². The van der Waals surface area contributed by atoms with Crippen molar-refractivity contribution >= 4 is 39.0 Å². The normalized spacial score (nSPS) is 22.0. The fraction of sp³-hybridized carbons (Fsp3) is 0.562. The summed E-state index contributed by atoms with van der Waals surface area (Å²) in [5, 5.41) is 4.21. The van der Waals surface area contributed by atoms with E-state index in [2.05, 4.69) is 22.3 Å². The van der Waals surface area contributed by atoms with E-state index in [9.17, 15) is 0 Å². The van der Waals surface area contributed by atoms with Crippen LogP contribution in [0.15, 0.2) is 24.3 Å². The molecule has 0 bridgehead atoms. The van der Waals surface area contributed by atoms with E-state index in [-0.39, 0.29) is 0 Å². The molecule has 0 unspecified atom stereocenters. The van der Waals surface area contributed by atoms with Crippen molar-refractivity contribution in [1.29, 1.82) is 0 Å². The zero-order valence-corrected chi connectivity index (χ0v) is 15.5. The van der Waals surface area contributed by atoms with E-state index >= 15 is 0 Å². The highest BCUT2D eigenvalue weighted by atomic mass is 33.1. The number of nitrogens with one attached hydrogen (secondary N) is 1. The Hall–Kier alpha value is -0.470. The topological polar surface area (TPSA) is 33.7 Å². The quantitative estimate of drug-likeness (QED) is 0.630. The number of ether oxygens (including phenoxy) is 2. The zero-order chi connectivity index (χ0) is 15.9. The molecule has 0 saturated carbocycles. The van der Waals surface area contributed by atoms with Gasteiger partial charge in [-0.3, -0.25) is 4.90 Å². The van der Waals surface area contributed by atoms with Crippen LogP contribution in [-0.4, -0.2) is 55.2 Å². The molecule has 1 atom stereocenters. The van der Waals surface area contributed by atoms with Crippen molar-refractivity contribution in [1.82, 2.24) is 10.2 Å². The van der Waals surface area contributed by atoms with E-state index in [4.69, 9.17) is 21.7 Å². The smallest absolute Gasteiger partial charge is 0.262 e. The van der Waals surface area contributed by atoms with Crippen LogP contribution in [0.25, 0.3) is 0 Å². The Morgan fingerprint density at radius 1 is 1.39 bits per heavy atom. The number of rotatable bonds is 5. The van der Waals surface area contributed by atoms with Crippen LogP contribution in [0.5, 0.6) is 5.75 Å². The summed E-state index contributed by atoms with van der Waals surface area (Å²) in [5.74, 6) is 2.05. The molecule has 0 spiro atoms. The molecule has 1 N–H and O–H groups in total. The molecule has 3 rings (SSSR count). The molecule has 1 aromatic carbocycles. The van der Waals surface area contributed by atoms with Crippen molar-refractivity contribution < 1.29 is 9.47 Å². The number of thiocarbonyl (C=S) groups is 1. The maximum atomic E-state index is 5.77. The summed E-state index contributed by atoms with van der Waals surface area (Å²) in [4.78, 5) is 2.37. The van der Waals surface area contributed by atoms with Crippen molar-refractivity contribution in [3.8, 4) is 5.75 Å². The second kappa shape index (κ2) is 9.13. The third-order valence-corrected chi connectivity index (χ3v) is 7.00. The SMILES string of the molecule is S=C(NCCN1CCOCC1)Oc1cccc([C@@H]2CCSS2)c1. The number of hydrogen-bond acceptors (Lipinski definition) is 6. The highest BCUT2D eigenvalue weighted by molar-refractivity contribution is 8.77. The lowest BCUT2D eigenvalue weighted by Gasteiger charge is -2.26. The molecular formula is C16H22N2O2S3. The summed E-state index contributed by atoms with van der Waals surface area (Å²) in [6, 6.07) is 8.29. The second-order valence-corrected chi connectivity index (χ2v) is 8.60. The number of morpholine rings is 1. The third-order valence-electron chi connectivity index (χ3n) is 3.89. The molecule has 0 aromatic heterocycles. The molecule has 2 fully saturated rings. The largest absolute Gasteiger partial charge is 0.432 e. The maximum Gasteiger partial charge on any atom is 0.262 e. The van der Waals surface area contributed by atoms with Crippen molar-refractivity contribution in [3.05, 3.63) is 29.8 Å². The number of hydrogen-bond donors (Lipinski definition) is 1. The third kappa shape index (κ3) is 5.53. The van der Waals surface area contributed by atoms with Gasteiger partial charge in [0, 0.05) is 37.2 Å². The molecule has 4 nitrogen and oxygen atoms in total. The van der Waals surface area contributed by atoms with Crippen LogP contribution < -0.4 is 10.1 Å². The average Bonchev–Trinajstić information content (AvgIpc) is 3.11. The van der Waals surface area contributed by atoms with Crippen LogP contribution in [0.3, 0.4) is 0 Å². The van der Waals surface area contributed by atoms with Crippen molar-refractivity contribution in [2.45, 2.75) is 11.7 Å². The molecule has 2 heterocycles. The zero-order valence-electron chi connectivity index (χ0n) is 13.0. The van der Waals surface area contributed by atoms with Crippen LogP contribution in [0, 0.1) is 0 Å². The fourth-order valence-corrected chi connectivity index (χ4v) is 5.72. The summed E-state index contributed by atoms with van der Waals surface area (Å²) in [6.07, 6.45) is 1.22. The lowest BCUT2D eigenvalue weighted by Crippen LogP contribution is -2.41. The first-order chi connectivity index (χ1) is 11.3. The molecule has 1 aromatic rings. The molecule has 0 amide bonds. The van der Waals surface area contributed by atoms with Crippen molar-refractivity contribution in [2.75, 3.05) is 45.1 Å². The molecule has 126 valence electrons. The predicted molar refractivity (Wildman–Crippen MR) is 102 cm³/mol. The highest BCUT2D eigenvalue weighted by Crippen LogP contribution is 2.48. The highest BCUT2D eigenvalue weighted by Gasteiger charge is 2.19. The fourth-order valence-electron chi connectivity index (χ4n) is 2.62. The Balaban J connectivity index is 1.43. The summed E-state index contributed by atoms with van der Waals surface area (Å²) in [7, 11) is 3.90. The molecule has 2 aliphatic rings. The maximum absolute atomic E-state index is 5.77. The van der Waals surface area contributed by atoms with Gasteiger partial charge in [0.25, 0.3) is 5.17 Å². The van der Waals surface area contributed by atoms with Gasteiger partial charge < -0.3 is 14.8 Å². The van der Waals surface area contributed by atoms with E-state index in [0.29, 0.717) is 10.4 Å². The van der Waals surface area contributed by atoms with Gasteiger partial charge in [0.05, 0.1) is 13.2 Å². The minimum Gasteiger partial charge on any atom is -0.432 e. The minimum atomic E-state index is 0.448. The summed E-state index contributed by atoms with van der Waals surface area (Å²) in [5.41, 5.74) is 1.33. The molecule has 7 heteroatoms. The summed E-state index contributed by atoms with van der Waals surface area (Å²) in [6.45, 7) is 5.40. The Kier molecular flexibility index (Phi) is 6.89. The Labute approximate surface area is 151 Å². The summed E-state index contributed by atoms with van der Waals surface area (Å²) < 4.78 is 11.1. The van der Waals surface area contributed by atoms with E-state index in [1.54, 1.807) is 0 Å². The standard InChI is InChI=1S/C16H22N2O2S3/c21-16(17-5-6-18-7-9-19-10-8-18)20-14-3-1-2-13(12-14)15-4-11-22-23-15/h1-3,12,15H,4-11H2,(H,17,21)/t15-/m0/s1. The van der Waals surface area contributed by atoms with Crippen LogP contribution in [0.4, 0.5) is 0 Å².